The first-order chi connectivity index (χ1) is 17.1. The van der Waals surface area contributed by atoms with Crippen LogP contribution < -0.4 is 15.5 Å². The van der Waals surface area contributed by atoms with E-state index in [-0.39, 0.29) is 22.6 Å². The number of aryl methyl sites for hydroxylation is 1. The standard InChI is InChI=1S/C27H31FN4O4/c1-17-5-6-20(14-22(17)23-15-24(36-31-23)26(34)29-16-27(2,3)4)30-25(33)18-11-19(28)13-21(12-18)32-7-9-35-10-8-32/h5-6,11-15H,7-10,16H2,1-4H3,(H,29,34)(H,30,33). The number of hydrogen-bond acceptors (Lipinski definition) is 6. The molecule has 0 radical (unpaired) electrons. The van der Waals surface area contributed by atoms with E-state index in [2.05, 4.69) is 15.8 Å². The number of morpholine rings is 1. The van der Waals surface area contributed by atoms with Crippen LogP contribution in [0.15, 0.2) is 47.0 Å². The average Bonchev–Trinajstić information content (AvgIpc) is 3.33. The largest absolute Gasteiger partial charge is 0.378 e. The fourth-order valence-electron chi connectivity index (χ4n) is 3.83. The fourth-order valence-corrected chi connectivity index (χ4v) is 3.83. The van der Waals surface area contributed by atoms with Gasteiger partial charge in [0.25, 0.3) is 11.8 Å². The zero-order valence-corrected chi connectivity index (χ0v) is 21.0. The maximum Gasteiger partial charge on any atom is 0.289 e. The molecule has 0 bridgehead atoms. The lowest BCUT2D eigenvalue weighted by atomic mass is 9.97. The molecule has 0 spiro atoms. The minimum Gasteiger partial charge on any atom is -0.378 e. The molecule has 1 fully saturated rings. The molecule has 2 heterocycles. The number of anilines is 2. The van der Waals surface area contributed by atoms with Crippen molar-refractivity contribution in [2.45, 2.75) is 27.7 Å². The summed E-state index contributed by atoms with van der Waals surface area (Å²) in [6.07, 6.45) is 0. The van der Waals surface area contributed by atoms with Crippen LogP contribution >= 0.6 is 0 Å². The maximum atomic E-state index is 14.3. The number of aromatic nitrogens is 1. The summed E-state index contributed by atoms with van der Waals surface area (Å²) in [4.78, 5) is 27.4. The quantitative estimate of drug-likeness (QED) is 0.518. The molecular weight excluding hydrogens is 463 g/mol. The molecule has 1 aliphatic rings. The summed E-state index contributed by atoms with van der Waals surface area (Å²) in [5, 5.41) is 9.72. The van der Waals surface area contributed by atoms with Crippen LogP contribution in [0.2, 0.25) is 0 Å². The number of nitrogens with one attached hydrogen (secondary N) is 2. The summed E-state index contributed by atoms with van der Waals surface area (Å²) in [6, 6.07) is 11.2. The van der Waals surface area contributed by atoms with E-state index in [1.807, 2.05) is 38.7 Å². The highest BCUT2D eigenvalue weighted by molar-refractivity contribution is 6.05. The number of ether oxygens (including phenoxy) is 1. The molecule has 2 N–H and O–H groups in total. The number of hydrogen-bond donors (Lipinski definition) is 2. The van der Waals surface area contributed by atoms with Crippen molar-refractivity contribution in [2.75, 3.05) is 43.1 Å². The fraction of sp³-hybridized carbons (Fsp3) is 0.370. The second kappa shape index (κ2) is 10.5. The summed E-state index contributed by atoms with van der Waals surface area (Å²) >= 11 is 0. The molecule has 36 heavy (non-hydrogen) atoms. The Bertz CT molecular complexity index is 1260. The second-order valence-electron chi connectivity index (χ2n) is 10.1. The molecule has 3 aromatic rings. The van der Waals surface area contributed by atoms with Crippen LogP contribution in [0.1, 0.15) is 47.2 Å². The van der Waals surface area contributed by atoms with Gasteiger partial charge in [0.2, 0.25) is 5.76 Å². The van der Waals surface area contributed by atoms with Gasteiger partial charge < -0.3 is 24.8 Å². The van der Waals surface area contributed by atoms with Crippen molar-refractivity contribution in [3.8, 4) is 11.3 Å². The van der Waals surface area contributed by atoms with E-state index in [1.165, 1.54) is 12.1 Å². The Morgan fingerprint density at radius 3 is 2.53 bits per heavy atom. The molecule has 9 heteroatoms. The molecule has 0 saturated carbocycles. The van der Waals surface area contributed by atoms with E-state index < -0.39 is 11.7 Å². The van der Waals surface area contributed by atoms with Gasteiger partial charge in [0.05, 0.1) is 13.2 Å². The van der Waals surface area contributed by atoms with E-state index in [0.29, 0.717) is 55.5 Å². The van der Waals surface area contributed by atoms with Gasteiger partial charge >= 0.3 is 0 Å². The highest BCUT2D eigenvalue weighted by Crippen LogP contribution is 2.27. The number of rotatable bonds is 6. The molecule has 2 aromatic carbocycles. The number of carbonyl (C=O) groups excluding carboxylic acids is 2. The van der Waals surface area contributed by atoms with Gasteiger partial charge in [0, 0.05) is 48.2 Å². The molecule has 1 saturated heterocycles. The summed E-state index contributed by atoms with van der Waals surface area (Å²) in [6.45, 7) is 10.9. The van der Waals surface area contributed by atoms with Gasteiger partial charge in [-0.15, -0.1) is 0 Å². The lowest BCUT2D eigenvalue weighted by Crippen LogP contribution is -2.36. The molecule has 190 valence electrons. The van der Waals surface area contributed by atoms with Crippen molar-refractivity contribution in [1.29, 1.82) is 0 Å². The van der Waals surface area contributed by atoms with Crippen molar-refractivity contribution in [3.63, 3.8) is 0 Å². The predicted molar refractivity (Wildman–Crippen MR) is 136 cm³/mol. The monoisotopic (exact) mass is 494 g/mol. The summed E-state index contributed by atoms with van der Waals surface area (Å²) in [7, 11) is 0. The average molecular weight is 495 g/mol. The first kappa shape index (κ1) is 25.4. The zero-order valence-electron chi connectivity index (χ0n) is 21.0. The summed E-state index contributed by atoms with van der Waals surface area (Å²) in [5.74, 6) is -1.14. The molecule has 8 nitrogen and oxygen atoms in total. The third kappa shape index (κ3) is 6.28. The third-order valence-electron chi connectivity index (χ3n) is 5.81. The normalized spacial score (nSPS) is 14.0. The minimum atomic E-state index is -0.478. The van der Waals surface area contributed by atoms with Gasteiger partial charge in [0.15, 0.2) is 0 Å². The van der Waals surface area contributed by atoms with Gasteiger partial charge in [-0.25, -0.2) is 4.39 Å². The zero-order chi connectivity index (χ0) is 25.9. The van der Waals surface area contributed by atoms with Crippen LogP contribution in [0, 0.1) is 18.2 Å². The topological polar surface area (TPSA) is 96.7 Å². The van der Waals surface area contributed by atoms with Gasteiger partial charge in [-0.2, -0.15) is 0 Å². The second-order valence-corrected chi connectivity index (χ2v) is 10.1. The van der Waals surface area contributed by atoms with Crippen LogP contribution in [0.25, 0.3) is 11.3 Å². The molecule has 0 unspecified atom stereocenters. The highest BCUT2D eigenvalue weighted by Gasteiger charge is 2.19. The van der Waals surface area contributed by atoms with Crippen molar-refractivity contribution in [2.24, 2.45) is 5.41 Å². The first-order valence-electron chi connectivity index (χ1n) is 11.9. The molecular formula is C27H31FN4O4. The smallest absolute Gasteiger partial charge is 0.289 e. The molecule has 1 aliphatic heterocycles. The molecule has 0 aliphatic carbocycles. The lowest BCUT2D eigenvalue weighted by Gasteiger charge is -2.29. The van der Waals surface area contributed by atoms with E-state index >= 15 is 0 Å². The van der Waals surface area contributed by atoms with Gasteiger partial charge in [-0.3, -0.25) is 9.59 Å². The van der Waals surface area contributed by atoms with E-state index in [1.54, 1.807) is 24.3 Å². The number of halogens is 1. The molecule has 4 rings (SSSR count). The van der Waals surface area contributed by atoms with Gasteiger partial charge in [-0.05, 0) is 48.2 Å². The Balaban J connectivity index is 1.50. The number of carbonyl (C=O) groups is 2. The van der Waals surface area contributed by atoms with Crippen LogP contribution in [0.5, 0.6) is 0 Å². The first-order valence-corrected chi connectivity index (χ1v) is 11.9. The Hall–Kier alpha value is -3.72. The van der Waals surface area contributed by atoms with Crippen molar-refractivity contribution in [3.05, 3.63) is 65.2 Å². The van der Waals surface area contributed by atoms with Crippen molar-refractivity contribution < 1.29 is 23.2 Å². The number of nitrogens with zero attached hydrogens (tertiary/aromatic N) is 2. The maximum absolute atomic E-state index is 14.3. The highest BCUT2D eigenvalue weighted by atomic mass is 19.1. The third-order valence-corrected chi connectivity index (χ3v) is 5.81. The van der Waals surface area contributed by atoms with Crippen LogP contribution in [-0.4, -0.2) is 49.8 Å². The minimum absolute atomic E-state index is 0.0632. The lowest BCUT2D eigenvalue weighted by molar-refractivity contribution is 0.0902. The van der Waals surface area contributed by atoms with E-state index in [4.69, 9.17) is 9.26 Å². The predicted octanol–water partition coefficient (Wildman–Crippen LogP) is 4.65. The number of benzene rings is 2. The van der Waals surface area contributed by atoms with E-state index in [9.17, 15) is 14.0 Å². The van der Waals surface area contributed by atoms with Crippen molar-refractivity contribution >= 4 is 23.2 Å². The van der Waals surface area contributed by atoms with Crippen molar-refractivity contribution in [1.82, 2.24) is 10.5 Å². The van der Waals surface area contributed by atoms with Gasteiger partial charge in [0.1, 0.15) is 11.5 Å². The molecule has 1 aromatic heterocycles. The van der Waals surface area contributed by atoms with Crippen LogP contribution in [-0.2, 0) is 4.74 Å². The Morgan fingerprint density at radius 1 is 1.06 bits per heavy atom. The van der Waals surface area contributed by atoms with E-state index in [0.717, 1.165) is 5.56 Å². The molecule has 0 atom stereocenters. The Labute approximate surface area is 209 Å². The van der Waals surface area contributed by atoms with Crippen LogP contribution in [0.4, 0.5) is 15.8 Å². The number of amides is 2. The SMILES string of the molecule is Cc1ccc(NC(=O)c2cc(F)cc(N3CCOCC3)c2)cc1-c1cc(C(=O)NCC(C)(C)C)on1. The van der Waals surface area contributed by atoms with Gasteiger partial charge in [-0.1, -0.05) is 32.0 Å². The summed E-state index contributed by atoms with van der Waals surface area (Å²) < 4.78 is 24.9. The Morgan fingerprint density at radius 2 is 1.81 bits per heavy atom. The summed E-state index contributed by atoms with van der Waals surface area (Å²) in [5.41, 5.74) is 3.39. The molecule has 2 amide bonds. The Kier molecular flexibility index (Phi) is 7.40. The van der Waals surface area contributed by atoms with Crippen LogP contribution in [0.3, 0.4) is 0 Å².